The number of nitrogens with two attached hydrogens (primary N) is 1. The summed E-state index contributed by atoms with van der Waals surface area (Å²) in [4.78, 5) is 28.8. The summed E-state index contributed by atoms with van der Waals surface area (Å²) in [5, 5.41) is 0. The maximum Gasteiger partial charge on any atom is 0.332 e. The topological polar surface area (TPSA) is 87.8 Å². The van der Waals surface area contributed by atoms with Crippen molar-refractivity contribution >= 4 is 11.2 Å². The molecule has 7 nitrogen and oxygen atoms in total. The van der Waals surface area contributed by atoms with Crippen molar-refractivity contribution in [2.75, 3.05) is 6.54 Å². The standard InChI is InChI=1S/C14H23N5O2/c1-10(8-15)6-4-5-7-19-13(20)11-12(16-9-17(11)2)18(3)14(19)21/h9-10H,4-8,15H2,1-3H3. The van der Waals surface area contributed by atoms with E-state index in [-0.39, 0.29) is 11.2 Å². The number of hydrogen-bond donors (Lipinski definition) is 1. The smallest absolute Gasteiger partial charge is 0.330 e. The third-order valence-electron chi connectivity index (χ3n) is 3.93. The first kappa shape index (κ1) is 15.5. The summed E-state index contributed by atoms with van der Waals surface area (Å²) in [7, 11) is 3.40. The van der Waals surface area contributed by atoms with Crippen molar-refractivity contribution in [2.45, 2.75) is 32.7 Å². The van der Waals surface area contributed by atoms with Gasteiger partial charge >= 0.3 is 5.69 Å². The van der Waals surface area contributed by atoms with Crippen LogP contribution in [0.15, 0.2) is 15.9 Å². The average molecular weight is 293 g/mol. The predicted molar refractivity (Wildman–Crippen MR) is 82.3 cm³/mol. The minimum atomic E-state index is -0.307. The molecule has 21 heavy (non-hydrogen) atoms. The first-order valence-corrected chi connectivity index (χ1v) is 7.28. The van der Waals surface area contributed by atoms with E-state index in [9.17, 15) is 9.59 Å². The van der Waals surface area contributed by atoms with Crippen molar-refractivity contribution < 1.29 is 0 Å². The molecule has 2 aromatic rings. The van der Waals surface area contributed by atoms with Crippen molar-refractivity contribution in [1.29, 1.82) is 0 Å². The molecule has 0 radical (unpaired) electrons. The van der Waals surface area contributed by atoms with E-state index in [4.69, 9.17) is 5.73 Å². The molecule has 0 bridgehead atoms. The highest BCUT2D eigenvalue weighted by molar-refractivity contribution is 5.69. The monoisotopic (exact) mass is 293 g/mol. The van der Waals surface area contributed by atoms with E-state index in [2.05, 4.69) is 11.9 Å². The van der Waals surface area contributed by atoms with Crippen LogP contribution in [0.5, 0.6) is 0 Å². The van der Waals surface area contributed by atoms with Gasteiger partial charge in [0.05, 0.1) is 6.33 Å². The first-order valence-electron chi connectivity index (χ1n) is 7.28. The zero-order valence-electron chi connectivity index (χ0n) is 12.9. The highest BCUT2D eigenvalue weighted by Gasteiger charge is 2.14. The summed E-state index contributed by atoms with van der Waals surface area (Å²) in [5.41, 5.74) is 5.91. The van der Waals surface area contributed by atoms with E-state index in [1.807, 2.05) is 0 Å². The number of fused-ring (bicyclic) bond motifs is 1. The van der Waals surface area contributed by atoms with Gasteiger partial charge in [0.25, 0.3) is 5.56 Å². The molecular formula is C14H23N5O2. The van der Waals surface area contributed by atoms with Gasteiger partial charge in [0.1, 0.15) is 0 Å². The van der Waals surface area contributed by atoms with E-state index >= 15 is 0 Å². The summed E-state index contributed by atoms with van der Waals surface area (Å²) < 4.78 is 4.39. The zero-order chi connectivity index (χ0) is 15.6. The molecule has 0 saturated heterocycles. The quantitative estimate of drug-likeness (QED) is 0.771. The maximum atomic E-state index is 12.4. The van der Waals surface area contributed by atoms with Gasteiger partial charge in [-0.2, -0.15) is 0 Å². The van der Waals surface area contributed by atoms with Gasteiger partial charge in [-0.15, -0.1) is 0 Å². The highest BCUT2D eigenvalue weighted by atomic mass is 16.2. The van der Waals surface area contributed by atoms with E-state index in [0.29, 0.717) is 30.2 Å². The Kier molecular flexibility index (Phi) is 4.62. The van der Waals surface area contributed by atoms with Gasteiger partial charge in [-0.25, -0.2) is 9.78 Å². The number of nitrogens with zero attached hydrogens (tertiary/aromatic N) is 4. The molecule has 1 atom stereocenters. The van der Waals surface area contributed by atoms with Gasteiger partial charge in [0.2, 0.25) is 0 Å². The highest BCUT2D eigenvalue weighted by Crippen LogP contribution is 2.07. The van der Waals surface area contributed by atoms with Crippen LogP contribution >= 0.6 is 0 Å². The van der Waals surface area contributed by atoms with Gasteiger partial charge in [-0.05, 0) is 25.3 Å². The fourth-order valence-electron chi connectivity index (χ4n) is 2.47. The Morgan fingerprint density at radius 1 is 1.29 bits per heavy atom. The van der Waals surface area contributed by atoms with E-state index in [0.717, 1.165) is 19.3 Å². The fraction of sp³-hybridized carbons (Fsp3) is 0.643. The zero-order valence-corrected chi connectivity index (χ0v) is 12.9. The second-order valence-electron chi connectivity index (χ2n) is 5.66. The number of unbranched alkanes of at least 4 members (excludes halogenated alkanes) is 1. The third-order valence-corrected chi connectivity index (χ3v) is 3.93. The van der Waals surface area contributed by atoms with Crippen LogP contribution in [-0.4, -0.2) is 25.2 Å². The van der Waals surface area contributed by atoms with Gasteiger partial charge in [0, 0.05) is 20.6 Å². The lowest BCUT2D eigenvalue weighted by Gasteiger charge is -2.10. The molecule has 0 aliphatic heterocycles. The number of aromatic nitrogens is 4. The summed E-state index contributed by atoms with van der Waals surface area (Å²) in [6.45, 7) is 3.21. The molecule has 1 unspecified atom stereocenters. The van der Waals surface area contributed by atoms with Gasteiger partial charge < -0.3 is 10.3 Å². The Morgan fingerprint density at radius 2 is 2.00 bits per heavy atom. The van der Waals surface area contributed by atoms with Gasteiger partial charge in [0.15, 0.2) is 11.2 Å². The molecule has 0 saturated carbocycles. The minimum absolute atomic E-state index is 0.264. The molecule has 0 amide bonds. The van der Waals surface area contributed by atoms with Crippen LogP contribution in [0.2, 0.25) is 0 Å². The summed E-state index contributed by atoms with van der Waals surface area (Å²) in [6, 6.07) is 0. The first-order chi connectivity index (χ1) is 9.97. The van der Waals surface area contributed by atoms with Crippen molar-refractivity contribution in [3.63, 3.8) is 0 Å². The SMILES string of the molecule is CC(CN)CCCCn1c(=O)c2c(ncn2C)n(C)c1=O. The van der Waals surface area contributed by atoms with Crippen molar-refractivity contribution in [2.24, 2.45) is 25.7 Å². The van der Waals surface area contributed by atoms with Crippen LogP contribution in [0.25, 0.3) is 11.2 Å². The molecule has 2 aromatic heterocycles. The second-order valence-corrected chi connectivity index (χ2v) is 5.66. The lowest BCUT2D eigenvalue weighted by Crippen LogP contribution is -2.39. The number of rotatable bonds is 6. The van der Waals surface area contributed by atoms with Crippen molar-refractivity contribution in [3.05, 3.63) is 27.2 Å². The van der Waals surface area contributed by atoms with Gasteiger partial charge in [-0.1, -0.05) is 13.3 Å². The molecule has 0 spiro atoms. The second kappa shape index (κ2) is 6.26. The summed E-state index contributed by atoms with van der Waals surface area (Å²) in [6.07, 6.45) is 4.32. The number of imidazole rings is 1. The predicted octanol–water partition coefficient (Wildman–Crippen LogP) is 0.199. The molecule has 0 aliphatic rings. The molecule has 2 rings (SSSR count). The van der Waals surface area contributed by atoms with Crippen LogP contribution in [0.4, 0.5) is 0 Å². The normalized spacial score (nSPS) is 13.0. The fourth-order valence-corrected chi connectivity index (χ4v) is 2.47. The number of hydrogen-bond acceptors (Lipinski definition) is 4. The number of aryl methyl sites for hydroxylation is 2. The molecule has 2 N–H and O–H groups in total. The summed E-state index contributed by atoms with van der Waals surface area (Å²) in [5.74, 6) is 0.476. The minimum Gasteiger partial charge on any atom is -0.330 e. The molecule has 0 fully saturated rings. The Balaban J connectivity index is 2.26. The van der Waals surface area contributed by atoms with Crippen LogP contribution in [0, 0.1) is 5.92 Å². The molecule has 116 valence electrons. The maximum absolute atomic E-state index is 12.4. The van der Waals surface area contributed by atoms with Crippen LogP contribution in [0.1, 0.15) is 26.2 Å². The Hall–Kier alpha value is -1.89. The molecule has 7 heteroatoms. The molecule has 0 aliphatic carbocycles. The molecule has 0 aromatic carbocycles. The lowest BCUT2D eigenvalue weighted by molar-refractivity contribution is 0.475. The Labute approximate surface area is 123 Å². The van der Waals surface area contributed by atoms with Gasteiger partial charge in [-0.3, -0.25) is 13.9 Å². The Morgan fingerprint density at radius 3 is 2.67 bits per heavy atom. The van der Waals surface area contributed by atoms with Crippen LogP contribution in [-0.2, 0) is 20.6 Å². The van der Waals surface area contributed by atoms with Crippen LogP contribution in [0.3, 0.4) is 0 Å². The molecular weight excluding hydrogens is 270 g/mol. The Bertz CT molecular complexity index is 740. The molecule has 2 heterocycles. The average Bonchev–Trinajstić information content (AvgIpc) is 2.86. The van der Waals surface area contributed by atoms with Crippen molar-refractivity contribution in [1.82, 2.24) is 18.7 Å². The van der Waals surface area contributed by atoms with E-state index in [1.165, 1.54) is 9.13 Å². The van der Waals surface area contributed by atoms with Crippen molar-refractivity contribution in [3.8, 4) is 0 Å². The lowest BCUT2D eigenvalue weighted by atomic mass is 10.0. The van der Waals surface area contributed by atoms with E-state index in [1.54, 1.807) is 25.0 Å². The van der Waals surface area contributed by atoms with Crippen LogP contribution < -0.4 is 17.0 Å². The summed E-state index contributed by atoms with van der Waals surface area (Å²) >= 11 is 0. The third kappa shape index (κ3) is 2.92. The van der Waals surface area contributed by atoms with E-state index < -0.39 is 0 Å². The largest absolute Gasteiger partial charge is 0.332 e.